The van der Waals surface area contributed by atoms with Crippen LogP contribution in [0.5, 0.6) is 0 Å². The maximum atomic E-state index is 11.1. The van der Waals surface area contributed by atoms with Gasteiger partial charge in [-0.1, -0.05) is 0 Å². The first-order chi connectivity index (χ1) is 7.65. The number of nitrogens with zero attached hydrogens (tertiary/aromatic N) is 2. The van der Waals surface area contributed by atoms with Crippen molar-refractivity contribution in [3.63, 3.8) is 0 Å². The van der Waals surface area contributed by atoms with Gasteiger partial charge in [0.1, 0.15) is 0 Å². The largest absolute Gasteiger partial charge is 0.476 e. The number of aromatic carboxylic acids is 1. The molecule has 1 fully saturated rings. The zero-order valence-electron chi connectivity index (χ0n) is 8.47. The van der Waals surface area contributed by atoms with Gasteiger partial charge in [-0.05, 0) is 0 Å². The topological polar surface area (TPSA) is 82.5 Å². The molecule has 2 rings (SSSR count). The highest BCUT2D eigenvalue weighted by molar-refractivity contribution is 7.11. The Bertz CT molecular complexity index is 418. The van der Waals surface area contributed by atoms with Crippen molar-refractivity contribution in [1.82, 2.24) is 15.2 Å². The van der Waals surface area contributed by atoms with E-state index in [-0.39, 0.29) is 10.9 Å². The number of carboxylic acid groups (broad SMARTS) is 1. The first kappa shape index (κ1) is 11.0. The molecule has 1 aromatic rings. The normalized spacial score (nSPS) is 17.1. The van der Waals surface area contributed by atoms with E-state index in [0.717, 1.165) is 17.9 Å². The van der Waals surface area contributed by atoms with Gasteiger partial charge in [-0.15, -0.1) is 11.3 Å². The number of hydrogen-bond acceptors (Lipinski definition) is 5. The minimum atomic E-state index is -1.01. The van der Waals surface area contributed by atoms with Crippen LogP contribution in [0.4, 0.5) is 0 Å². The standard InChI is InChI=1S/C9H11N3O3S/c13-7-4-12(2-1-10-7)3-6-5-16-8(11-6)9(14)15/h5H,1-4H2,(H,10,13)(H,14,15). The van der Waals surface area contributed by atoms with Gasteiger partial charge in [0, 0.05) is 25.0 Å². The van der Waals surface area contributed by atoms with Crippen molar-refractivity contribution in [3.8, 4) is 0 Å². The van der Waals surface area contributed by atoms with E-state index in [4.69, 9.17) is 5.11 Å². The molecule has 0 spiro atoms. The van der Waals surface area contributed by atoms with Crippen molar-refractivity contribution in [2.24, 2.45) is 0 Å². The lowest BCUT2D eigenvalue weighted by Gasteiger charge is -2.25. The molecule has 0 saturated carbocycles. The van der Waals surface area contributed by atoms with E-state index >= 15 is 0 Å². The number of carboxylic acids is 1. The predicted octanol–water partition coefficient (Wildman–Crippen LogP) is -0.227. The van der Waals surface area contributed by atoms with E-state index in [1.807, 2.05) is 4.90 Å². The fraction of sp³-hybridized carbons (Fsp3) is 0.444. The summed E-state index contributed by atoms with van der Waals surface area (Å²) in [6.07, 6.45) is 0. The van der Waals surface area contributed by atoms with Crippen molar-refractivity contribution in [1.29, 1.82) is 0 Å². The Hall–Kier alpha value is -1.47. The number of rotatable bonds is 3. The van der Waals surface area contributed by atoms with Gasteiger partial charge in [0.15, 0.2) is 0 Å². The highest BCUT2D eigenvalue weighted by Crippen LogP contribution is 2.12. The molecule has 2 N–H and O–H groups in total. The monoisotopic (exact) mass is 241 g/mol. The minimum Gasteiger partial charge on any atom is -0.476 e. The van der Waals surface area contributed by atoms with Crippen LogP contribution >= 0.6 is 11.3 Å². The zero-order chi connectivity index (χ0) is 11.5. The summed E-state index contributed by atoms with van der Waals surface area (Å²) < 4.78 is 0. The van der Waals surface area contributed by atoms with Gasteiger partial charge >= 0.3 is 5.97 Å². The summed E-state index contributed by atoms with van der Waals surface area (Å²) >= 11 is 1.11. The number of nitrogens with one attached hydrogen (secondary N) is 1. The highest BCUT2D eigenvalue weighted by Gasteiger charge is 2.18. The van der Waals surface area contributed by atoms with Gasteiger partial charge in [0.05, 0.1) is 12.2 Å². The lowest BCUT2D eigenvalue weighted by Crippen LogP contribution is -2.47. The first-order valence-electron chi connectivity index (χ1n) is 4.82. The van der Waals surface area contributed by atoms with E-state index in [2.05, 4.69) is 10.3 Å². The van der Waals surface area contributed by atoms with Crippen LogP contribution in [-0.2, 0) is 11.3 Å². The quantitative estimate of drug-likeness (QED) is 0.764. The fourth-order valence-corrected chi connectivity index (χ4v) is 2.18. The molecule has 2 heterocycles. The molecule has 16 heavy (non-hydrogen) atoms. The molecule has 6 nitrogen and oxygen atoms in total. The van der Waals surface area contributed by atoms with E-state index in [9.17, 15) is 9.59 Å². The van der Waals surface area contributed by atoms with Gasteiger partial charge in [0.2, 0.25) is 10.9 Å². The van der Waals surface area contributed by atoms with Crippen molar-refractivity contribution >= 4 is 23.2 Å². The SMILES string of the molecule is O=C1CN(Cc2csc(C(=O)O)n2)CCN1. The Kier molecular flexibility index (Phi) is 3.16. The lowest BCUT2D eigenvalue weighted by atomic mass is 10.3. The van der Waals surface area contributed by atoms with Crippen LogP contribution < -0.4 is 5.32 Å². The van der Waals surface area contributed by atoms with Crippen molar-refractivity contribution in [2.75, 3.05) is 19.6 Å². The van der Waals surface area contributed by atoms with E-state index in [0.29, 0.717) is 25.3 Å². The first-order valence-corrected chi connectivity index (χ1v) is 5.70. The molecule has 0 atom stereocenters. The Morgan fingerprint density at radius 1 is 1.69 bits per heavy atom. The van der Waals surface area contributed by atoms with Crippen molar-refractivity contribution in [3.05, 3.63) is 16.1 Å². The van der Waals surface area contributed by atoms with Crippen LogP contribution in [0.2, 0.25) is 0 Å². The van der Waals surface area contributed by atoms with Crippen LogP contribution in [0, 0.1) is 0 Å². The Morgan fingerprint density at radius 3 is 3.12 bits per heavy atom. The number of aromatic nitrogens is 1. The zero-order valence-corrected chi connectivity index (χ0v) is 9.29. The Morgan fingerprint density at radius 2 is 2.50 bits per heavy atom. The van der Waals surface area contributed by atoms with Crippen LogP contribution in [0.15, 0.2) is 5.38 Å². The maximum absolute atomic E-state index is 11.1. The minimum absolute atomic E-state index is 0.0000577. The molecule has 0 radical (unpaired) electrons. The van der Waals surface area contributed by atoms with Gasteiger partial charge < -0.3 is 10.4 Å². The molecule has 0 aliphatic carbocycles. The van der Waals surface area contributed by atoms with Crippen LogP contribution in [0.3, 0.4) is 0 Å². The lowest BCUT2D eigenvalue weighted by molar-refractivity contribution is -0.124. The predicted molar refractivity (Wildman–Crippen MR) is 57.4 cm³/mol. The molecule has 1 amide bonds. The average molecular weight is 241 g/mol. The number of thiazole rings is 1. The molecule has 7 heteroatoms. The van der Waals surface area contributed by atoms with Crippen molar-refractivity contribution < 1.29 is 14.7 Å². The molecule has 1 aliphatic rings. The molecule has 0 unspecified atom stereocenters. The molecule has 1 aliphatic heterocycles. The smallest absolute Gasteiger partial charge is 0.365 e. The molecule has 86 valence electrons. The number of amides is 1. The van der Waals surface area contributed by atoms with E-state index in [1.165, 1.54) is 0 Å². The number of carbonyl (C=O) groups is 2. The molecular weight excluding hydrogens is 230 g/mol. The third kappa shape index (κ3) is 2.56. The second kappa shape index (κ2) is 4.58. The second-order valence-corrected chi connectivity index (χ2v) is 4.37. The van der Waals surface area contributed by atoms with Gasteiger partial charge in [0.25, 0.3) is 0 Å². The highest BCUT2D eigenvalue weighted by atomic mass is 32.1. The van der Waals surface area contributed by atoms with Crippen molar-refractivity contribution in [2.45, 2.75) is 6.54 Å². The second-order valence-electron chi connectivity index (χ2n) is 3.51. The summed E-state index contributed by atoms with van der Waals surface area (Å²) in [6.45, 7) is 2.28. The summed E-state index contributed by atoms with van der Waals surface area (Å²) in [6, 6.07) is 0. The van der Waals surface area contributed by atoms with Gasteiger partial charge in [-0.2, -0.15) is 0 Å². The van der Waals surface area contributed by atoms with Gasteiger partial charge in [-0.25, -0.2) is 9.78 Å². The Labute approximate surface area is 95.9 Å². The van der Waals surface area contributed by atoms with Crippen LogP contribution in [0.25, 0.3) is 0 Å². The number of piperazine rings is 1. The van der Waals surface area contributed by atoms with E-state index in [1.54, 1.807) is 5.38 Å². The third-order valence-corrected chi connectivity index (χ3v) is 3.12. The fourth-order valence-electron chi connectivity index (χ4n) is 1.53. The van der Waals surface area contributed by atoms with Crippen LogP contribution in [-0.4, -0.2) is 46.5 Å². The van der Waals surface area contributed by atoms with E-state index < -0.39 is 5.97 Å². The summed E-state index contributed by atoms with van der Waals surface area (Å²) in [7, 11) is 0. The average Bonchev–Trinajstić information content (AvgIpc) is 2.66. The summed E-state index contributed by atoms with van der Waals surface area (Å²) in [5.41, 5.74) is 0.706. The summed E-state index contributed by atoms with van der Waals surface area (Å²) in [4.78, 5) is 27.7. The summed E-state index contributed by atoms with van der Waals surface area (Å²) in [5.74, 6) is -1.01. The summed E-state index contributed by atoms with van der Waals surface area (Å²) in [5, 5.41) is 13.3. The number of hydrogen-bond donors (Lipinski definition) is 2. The number of carbonyl (C=O) groups excluding carboxylic acids is 1. The molecule has 1 saturated heterocycles. The molecule has 0 aromatic carbocycles. The molecule has 1 aromatic heterocycles. The molecular formula is C9H11N3O3S. The Balaban J connectivity index is 1.97. The maximum Gasteiger partial charge on any atom is 0.365 e. The van der Waals surface area contributed by atoms with Crippen LogP contribution in [0.1, 0.15) is 15.5 Å². The van der Waals surface area contributed by atoms with Gasteiger partial charge in [-0.3, -0.25) is 9.69 Å². The molecule has 0 bridgehead atoms. The third-order valence-electron chi connectivity index (χ3n) is 2.24.